The highest BCUT2D eigenvalue weighted by atomic mass is 16.3. The summed E-state index contributed by atoms with van der Waals surface area (Å²) in [5.74, 6) is 0.246. The van der Waals surface area contributed by atoms with Gasteiger partial charge in [0.15, 0.2) is 0 Å². The first kappa shape index (κ1) is 17.7. The Kier molecular flexibility index (Phi) is 8.71. The standard InChI is InChI=1S/C17H28N2O2/c1-2-6-15(11-12-20)13-19-17(21)16(18)10-9-14-7-4-3-5-8-14/h3-5,7-8,15-16,20H,2,6,9-13,18H2,1H3,(H,19,21)/t15?,16-/m0/s1. The predicted molar refractivity (Wildman–Crippen MR) is 85.8 cm³/mol. The van der Waals surface area contributed by atoms with E-state index >= 15 is 0 Å². The average Bonchev–Trinajstić information content (AvgIpc) is 2.51. The Bertz CT molecular complexity index is 389. The fourth-order valence-electron chi connectivity index (χ4n) is 2.41. The van der Waals surface area contributed by atoms with Crippen LogP contribution in [0.4, 0.5) is 0 Å². The van der Waals surface area contributed by atoms with E-state index in [2.05, 4.69) is 12.2 Å². The second kappa shape index (κ2) is 10.4. The Morgan fingerprint density at radius 1 is 1.24 bits per heavy atom. The SMILES string of the molecule is CCCC(CCO)CNC(=O)[C@@H](N)CCc1ccccc1. The minimum absolute atomic E-state index is 0.0926. The smallest absolute Gasteiger partial charge is 0.236 e. The summed E-state index contributed by atoms with van der Waals surface area (Å²) in [4.78, 5) is 12.0. The van der Waals surface area contributed by atoms with E-state index in [1.54, 1.807) is 0 Å². The molecule has 21 heavy (non-hydrogen) atoms. The van der Waals surface area contributed by atoms with Crippen LogP contribution in [0.2, 0.25) is 0 Å². The lowest BCUT2D eigenvalue weighted by Gasteiger charge is -2.18. The highest BCUT2D eigenvalue weighted by Gasteiger charge is 2.15. The van der Waals surface area contributed by atoms with Crippen molar-refractivity contribution in [2.45, 2.75) is 45.1 Å². The van der Waals surface area contributed by atoms with Crippen molar-refractivity contribution in [3.63, 3.8) is 0 Å². The van der Waals surface area contributed by atoms with E-state index in [0.717, 1.165) is 25.7 Å². The normalized spacial score (nSPS) is 13.7. The molecule has 0 aliphatic rings. The number of aliphatic hydroxyl groups is 1. The zero-order valence-electron chi connectivity index (χ0n) is 12.9. The van der Waals surface area contributed by atoms with Crippen molar-refractivity contribution >= 4 is 5.91 Å². The molecule has 0 radical (unpaired) electrons. The van der Waals surface area contributed by atoms with Crippen molar-refractivity contribution in [3.8, 4) is 0 Å². The molecule has 1 aromatic rings. The van der Waals surface area contributed by atoms with Crippen LogP contribution in [-0.4, -0.2) is 30.2 Å². The first-order valence-electron chi connectivity index (χ1n) is 7.85. The van der Waals surface area contributed by atoms with E-state index in [1.807, 2.05) is 30.3 Å². The molecule has 0 spiro atoms. The molecule has 4 N–H and O–H groups in total. The Hall–Kier alpha value is -1.39. The van der Waals surface area contributed by atoms with Crippen LogP contribution in [0.15, 0.2) is 30.3 Å². The summed E-state index contributed by atoms with van der Waals surface area (Å²) in [5, 5.41) is 11.9. The number of nitrogens with one attached hydrogen (secondary N) is 1. The summed E-state index contributed by atoms with van der Waals surface area (Å²) in [6.07, 6.45) is 4.26. The third-order valence-corrected chi connectivity index (χ3v) is 3.72. The Labute approximate surface area is 127 Å². The van der Waals surface area contributed by atoms with Gasteiger partial charge in [-0.05, 0) is 37.2 Å². The van der Waals surface area contributed by atoms with Gasteiger partial charge in [0, 0.05) is 13.2 Å². The van der Waals surface area contributed by atoms with Crippen molar-refractivity contribution < 1.29 is 9.90 Å². The molecular weight excluding hydrogens is 264 g/mol. The minimum Gasteiger partial charge on any atom is -0.396 e. The van der Waals surface area contributed by atoms with Crippen LogP contribution in [0.5, 0.6) is 0 Å². The van der Waals surface area contributed by atoms with Crippen LogP contribution in [0.1, 0.15) is 38.2 Å². The van der Waals surface area contributed by atoms with E-state index in [4.69, 9.17) is 10.8 Å². The van der Waals surface area contributed by atoms with Gasteiger partial charge in [-0.1, -0.05) is 43.7 Å². The van der Waals surface area contributed by atoms with Crippen molar-refractivity contribution in [3.05, 3.63) is 35.9 Å². The largest absolute Gasteiger partial charge is 0.396 e. The van der Waals surface area contributed by atoms with Crippen LogP contribution in [0, 0.1) is 5.92 Å². The monoisotopic (exact) mass is 292 g/mol. The maximum Gasteiger partial charge on any atom is 0.236 e. The molecule has 1 rings (SSSR count). The first-order valence-corrected chi connectivity index (χ1v) is 7.85. The molecule has 0 aliphatic heterocycles. The molecule has 0 bridgehead atoms. The summed E-state index contributed by atoms with van der Waals surface area (Å²) < 4.78 is 0. The van der Waals surface area contributed by atoms with Crippen LogP contribution >= 0.6 is 0 Å². The molecule has 1 amide bonds. The van der Waals surface area contributed by atoms with Crippen LogP contribution in [0.3, 0.4) is 0 Å². The van der Waals surface area contributed by atoms with E-state index in [1.165, 1.54) is 5.56 Å². The molecule has 0 heterocycles. The fraction of sp³-hybridized carbons (Fsp3) is 0.588. The molecule has 0 saturated carbocycles. The number of carbonyl (C=O) groups excluding carboxylic acids is 1. The molecule has 4 nitrogen and oxygen atoms in total. The zero-order valence-corrected chi connectivity index (χ0v) is 12.9. The van der Waals surface area contributed by atoms with Crippen LogP contribution in [0.25, 0.3) is 0 Å². The number of rotatable bonds is 10. The quantitative estimate of drug-likeness (QED) is 0.616. The summed E-state index contributed by atoms with van der Waals surface area (Å²) >= 11 is 0. The van der Waals surface area contributed by atoms with Crippen LogP contribution in [-0.2, 0) is 11.2 Å². The van der Waals surface area contributed by atoms with Crippen LogP contribution < -0.4 is 11.1 Å². The summed E-state index contributed by atoms with van der Waals surface area (Å²) in [7, 11) is 0. The molecule has 0 fully saturated rings. The summed E-state index contributed by atoms with van der Waals surface area (Å²) in [6.45, 7) is 2.88. The summed E-state index contributed by atoms with van der Waals surface area (Å²) in [5.41, 5.74) is 7.14. The maximum atomic E-state index is 12.0. The van der Waals surface area contributed by atoms with Gasteiger partial charge < -0.3 is 16.2 Å². The number of amides is 1. The van der Waals surface area contributed by atoms with Gasteiger partial charge in [0.25, 0.3) is 0 Å². The Morgan fingerprint density at radius 3 is 2.57 bits per heavy atom. The van der Waals surface area contributed by atoms with Gasteiger partial charge in [-0.2, -0.15) is 0 Å². The second-order valence-electron chi connectivity index (χ2n) is 5.54. The molecule has 118 valence electrons. The molecule has 0 aliphatic carbocycles. The third-order valence-electron chi connectivity index (χ3n) is 3.72. The number of benzene rings is 1. The molecule has 4 heteroatoms. The highest BCUT2D eigenvalue weighted by molar-refractivity contribution is 5.81. The number of aryl methyl sites for hydroxylation is 1. The van der Waals surface area contributed by atoms with Gasteiger partial charge in [-0.25, -0.2) is 0 Å². The number of nitrogens with two attached hydrogens (primary N) is 1. The number of hydrogen-bond acceptors (Lipinski definition) is 3. The van der Waals surface area contributed by atoms with E-state index < -0.39 is 6.04 Å². The number of aliphatic hydroxyl groups excluding tert-OH is 1. The minimum atomic E-state index is -0.471. The van der Waals surface area contributed by atoms with Crippen molar-refractivity contribution in [2.75, 3.05) is 13.2 Å². The zero-order chi connectivity index (χ0) is 15.5. The molecular formula is C17H28N2O2. The average molecular weight is 292 g/mol. The number of carbonyl (C=O) groups is 1. The van der Waals surface area contributed by atoms with E-state index in [0.29, 0.717) is 18.9 Å². The molecule has 1 unspecified atom stereocenters. The lowest BCUT2D eigenvalue weighted by molar-refractivity contribution is -0.122. The van der Waals surface area contributed by atoms with Gasteiger partial charge in [0.1, 0.15) is 0 Å². The predicted octanol–water partition coefficient (Wildman–Crippen LogP) is 1.86. The molecule has 1 aromatic carbocycles. The lowest BCUT2D eigenvalue weighted by atomic mass is 10.00. The maximum absolute atomic E-state index is 12.0. The highest BCUT2D eigenvalue weighted by Crippen LogP contribution is 2.09. The van der Waals surface area contributed by atoms with Gasteiger partial charge >= 0.3 is 0 Å². The molecule has 0 saturated heterocycles. The Balaban J connectivity index is 2.30. The number of hydrogen-bond donors (Lipinski definition) is 3. The lowest BCUT2D eigenvalue weighted by Crippen LogP contribution is -2.42. The fourth-order valence-corrected chi connectivity index (χ4v) is 2.41. The van der Waals surface area contributed by atoms with Gasteiger partial charge in [0.2, 0.25) is 5.91 Å². The molecule has 2 atom stereocenters. The van der Waals surface area contributed by atoms with Gasteiger partial charge in [-0.3, -0.25) is 4.79 Å². The summed E-state index contributed by atoms with van der Waals surface area (Å²) in [6, 6.07) is 9.58. The van der Waals surface area contributed by atoms with E-state index in [-0.39, 0.29) is 12.5 Å². The topological polar surface area (TPSA) is 75.3 Å². The van der Waals surface area contributed by atoms with Gasteiger partial charge in [0.05, 0.1) is 6.04 Å². The van der Waals surface area contributed by atoms with Crippen molar-refractivity contribution in [1.82, 2.24) is 5.32 Å². The third kappa shape index (κ3) is 7.25. The van der Waals surface area contributed by atoms with Crippen molar-refractivity contribution in [2.24, 2.45) is 11.7 Å². The van der Waals surface area contributed by atoms with Gasteiger partial charge in [-0.15, -0.1) is 0 Å². The first-order chi connectivity index (χ1) is 10.2. The Morgan fingerprint density at radius 2 is 1.95 bits per heavy atom. The second-order valence-corrected chi connectivity index (χ2v) is 5.54. The molecule has 0 aromatic heterocycles. The van der Waals surface area contributed by atoms with Crippen molar-refractivity contribution in [1.29, 1.82) is 0 Å². The van der Waals surface area contributed by atoms with E-state index in [9.17, 15) is 4.79 Å².